The molecule has 2 N–H and O–H groups in total. The number of aryl methyl sites for hydroxylation is 2. The molecule has 0 saturated heterocycles. The molecule has 0 atom stereocenters. The number of carbonyl (C=O) groups is 1. The highest BCUT2D eigenvalue weighted by Gasteiger charge is 2.24. The van der Waals surface area contributed by atoms with Crippen molar-refractivity contribution < 1.29 is 18.3 Å². The first-order chi connectivity index (χ1) is 9.22. The van der Waals surface area contributed by atoms with Gasteiger partial charge in [0.25, 0.3) is 10.0 Å². The minimum absolute atomic E-state index is 0.0165. The average Bonchev–Trinajstić information content (AvgIpc) is 2.83. The summed E-state index contributed by atoms with van der Waals surface area (Å²) in [6.07, 6.45) is 0. The lowest BCUT2D eigenvalue weighted by molar-refractivity contribution is 0.0697. The van der Waals surface area contributed by atoms with E-state index < -0.39 is 16.0 Å². The van der Waals surface area contributed by atoms with Crippen molar-refractivity contribution in [1.82, 2.24) is 4.37 Å². The fourth-order valence-electron chi connectivity index (χ4n) is 1.43. The normalized spacial score (nSPS) is 11.6. The topological polar surface area (TPSA) is 96.4 Å². The monoisotopic (exact) mass is 352 g/mol. The fourth-order valence-corrected chi connectivity index (χ4v) is 5.22. The Kier molecular flexibility index (Phi) is 4.05. The summed E-state index contributed by atoms with van der Waals surface area (Å²) in [6.45, 7) is 3.20. The molecule has 0 bridgehead atoms. The zero-order valence-electron chi connectivity index (χ0n) is 10.3. The van der Waals surface area contributed by atoms with Gasteiger partial charge in [-0.3, -0.25) is 4.72 Å². The van der Waals surface area contributed by atoms with Crippen molar-refractivity contribution in [3.05, 3.63) is 27.2 Å². The zero-order chi connectivity index (χ0) is 15.1. The summed E-state index contributed by atoms with van der Waals surface area (Å²) in [7, 11) is -3.87. The third kappa shape index (κ3) is 2.80. The molecule has 108 valence electrons. The number of carboxylic acids is 1. The molecule has 2 heterocycles. The van der Waals surface area contributed by atoms with Crippen molar-refractivity contribution in [2.75, 3.05) is 4.72 Å². The highest BCUT2D eigenvalue weighted by Crippen LogP contribution is 2.33. The lowest BCUT2D eigenvalue weighted by Crippen LogP contribution is -2.13. The van der Waals surface area contributed by atoms with Gasteiger partial charge in [0.2, 0.25) is 0 Å². The molecule has 2 rings (SSSR count). The average molecular weight is 353 g/mol. The molecular formula is C10H9ClN2O4S3. The van der Waals surface area contributed by atoms with Crippen LogP contribution in [0.4, 0.5) is 5.00 Å². The molecule has 2 aromatic rings. The van der Waals surface area contributed by atoms with Gasteiger partial charge in [-0.15, -0.1) is 11.3 Å². The van der Waals surface area contributed by atoms with Crippen LogP contribution in [0.15, 0.2) is 10.3 Å². The molecule has 10 heteroatoms. The summed E-state index contributed by atoms with van der Waals surface area (Å²) in [5, 5.41) is 9.05. The Morgan fingerprint density at radius 2 is 2.10 bits per heavy atom. The highest BCUT2D eigenvalue weighted by molar-refractivity contribution is 7.95. The SMILES string of the molecule is Cc1cc(S(=O)(=O)Nc2snc(C)c2C(=O)O)sc1Cl. The molecule has 0 aromatic carbocycles. The van der Waals surface area contributed by atoms with Gasteiger partial charge in [0.15, 0.2) is 0 Å². The maximum Gasteiger partial charge on any atom is 0.340 e. The van der Waals surface area contributed by atoms with E-state index in [1.807, 2.05) is 0 Å². The van der Waals surface area contributed by atoms with E-state index in [0.717, 1.165) is 22.9 Å². The summed E-state index contributed by atoms with van der Waals surface area (Å²) in [4.78, 5) is 11.1. The first kappa shape index (κ1) is 15.2. The Bertz CT molecular complexity index is 759. The summed E-state index contributed by atoms with van der Waals surface area (Å²) in [5.41, 5.74) is 0.773. The Morgan fingerprint density at radius 1 is 1.45 bits per heavy atom. The summed E-state index contributed by atoms with van der Waals surface area (Å²) in [6, 6.07) is 1.43. The Hall–Kier alpha value is -1.16. The van der Waals surface area contributed by atoms with Gasteiger partial charge in [0.05, 0.1) is 10.0 Å². The van der Waals surface area contributed by atoms with Crippen molar-refractivity contribution in [2.45, 2.75) is 18.1 Å². The molecule has 0 unspecified atom stereocenters. The third-order valence-corrected chi connectivity index (χ3v) is 6.76. The van der Waals surface area contributed by atoms with Gasteiger partial charge in [-0.25, -0.2) is 13.2 Å². The smallest absolute Gasteiger partial charge is 0.340 e. The quantitative estimate of drug-likeness (QED) is 0.881. The number of thiophene rings is 1. The van der Waals surface area contributed by atoms with Gasteiger partial charge in [-0.05, 0) is 37.0 Å². The van der Waals surface area contributed by atoms with Gasteiger partial charge in [-0.2, -0.15) is 4.37 Å². The first-order valence-electron chi connectivity index (χ1n) is 5.20. The molecule has 2 aromatic heterocycles. The molecule has 0 aliphatic carbocycles. The third-order valence-electron chi connectivity index (χ3n) is 2.40. The number of aromatic carboxylic acids is 1. The van der Waals surface area contributed by atoms with E-state index in [9.17, 15) is 13.2 Å². The summed E-state index contributed by atoms with van der Waals surface area (Å²) in [5.74, 6) is -1.23. The number of rotatable bonds is 4. The number of anilines is 1. The number of hydrogen-bond acceptors (Lipinski definition) is 6. The molecule has 0 spiro atoms. The number of sulfonamides is 1. The van der Waals surface area contributed by atoms with Crippen LogP contribution in [0.2, 0.25) is 4.34 Å². The van der Waals surface area contributed by atoms with Crippen LogP contribution in [0.5, 0.6) is 0 Å². The molecule has 0 aliphatic rings. The second-order valence-electron chi connectivity index (χ2n) is 3.90. The Labute approximate surface area is 128 Å². The molecule has 0 amide bonds. The van der Waals surface area contributed by atoms with Crippen molar-refractivity contribution in [3.8, 4) is 0 Å². The highest BCUT2D eigenvalue weighted by atomic mass is 35.5. The van der Waals surface area contributed by atoms with Crippen molar-refractivity contribution >= 4 is 55.5 Å². The van der Waals surface area contributed by atoms with Gasteiger partial charge < -0.3 is 5.11 Å². The van der Waals surface area contributed by atoms with E-state index >= 15 is 0 Å². The lowest BCUT2D eigenvalue weighted by atomic mass is 10.2. The predicted octanol–water partition coefficient (Wildman–Crippen LogP) is 2.97. The van der Waals surface area contributed by atoms with Gasteiger partial charge >= 0.3 is 5.97 Å². The molecule has 6 nitrogen and oxygen atoms in total. The summed E-state index contributed by atoms with van der Waals surface area (Å²) >= 11 is 7.55. The summed E-state index contributed by atoms with van der Waals surface area (Å²) < 4.78 is 30.9. The molecule has 0 saturated carbocycles. The zero-order valence-corrected chi connectivity index (χ0v) is 13.5. The van der Waals surface area contributed by atoms with Gasteiger partial charge in [0.1, 0.15) is 14.8 Å². The number of carboxylic acid groups (broad SMARTS) is 1. The van der Waals surface area contributed by atoms with Crippen LogP contribution in [0.1, 0.15) is 21.6 Å². The van der Waals surface area contributed by atoms with E-state index in [1.165, 1.54) is 13.0 Å². The molecule has 0 fully saturated rings. The van der Waals surface area contributed by atoms with E-state index in [-0.39, 0.29) is 20.5 Å². The minimum atomic E-state index is -3.87. The van der Waals surface area contributed by atoms with E-state index in [0.29, 0.717) is 9.90 Å². The number of nitrogens with one attached hydrogen (secondary N) is 1. The lowest BCUT2D eigenvalue weighted by Gasteiger charge is -2.04. The van der Waals surface area contributed by atoms with Crippen molar-refractivity contribution in [3.63, 3.8) is 0 Å². The van der Waals surface area contributed by atoms with E-state index in [2.05, 4.69) is 9.10 Å². The number of aromatic nitrogens is 1. The number of halogens is 1. The van der Waals surface area contributed by atoms with Gasteiger partial charge in [-0.1, -0.05) is 11.6 Å². The standard InChI is InChI=1S/C10H9ClN2O4S3/c1-4-3-6(18-8(4)11)20(16,17)13-9-7(10(14)15)5(2)12-19-9/h3,13H,1-2H3,(H,14,15). The van der Waals surface area contributed by atoms with Crippen LogP contribution < -0.4 is 4.72 Å². The van der Waals surface area contributed by atoms with Crippen LogP contribution in [0.25, 0.3) is 0 Å². The number of nitrogens with zero attached hydrogens (tertiary/aromatic N) is 1. The van der Waals surface area contributed by atoms with Crippen LogP contribution in [0.3, 0.4) is 0 Å². The minimum Gasteiger partial charge on any atom is -0.478 e. The fraction of sp³-hybridized carbons (Fsp3) is 0.200. The second kappa shape index (κ2) is 5.32. The largest absolute Gasteiger partial charge is 0.478 e. The molecule has 0 aliphatic heterocycles. The predicted molar refractivity (Wildman–Crippen MR) is 78.7 cm³/mol. The maximum atomic E-state index is 12.2. The van der Waals surface area contributed by atoms with E-state index in [1.54, 1.807) is 6.92 Å². The maximum absolute atomic E-state index is 12.2. The molecular weight excluding hydrogens is 344 g/mol. The first-order valence-corrected chi connectivity index (χ1v) is 8.66. The van der Waals surface area contributed by atoms with Crippen LogP contribution >= 0.6 is 34.5 Å². The molecule has 0 radical (unpaired) electrons. The second-order valence-corrected chi connectivity index (χ2v) is 8.24. The van der Waals surface area contributed by atoms with Crippen LogP contribution in [-0.4, -0.2) is 23.9 Å². The Balaban J connectivity index is 2.41. The Morgan fingerprint density at radius 3 is 2.60 bits per heavy atom. The van der Waals surface area contributed by atoms with Gasteiger partial charge in [0, 0.05) is 0 Å². The van der Waals surface area contributed by atoms with Crippen LogP contribution in [0, 0.1) is 13.8 Å². The van der Waals surface area contributed by atoms with E-state index in [4.69, 9.17) is 16.7 Å². The van der Waals surface area contributed by atoms with Crippen molar-refractivity contribution in [2.24, 2.45) is 0 Å². The van der Waals surface area contributed by atoms with Crippen molar-refractivity contribution in [1.29, 1.82) is 0 Å². The molecule has 20 heavy (non-hydrogen) atoms. The number of hydrogen-bond donors (Lipinski definition) is 2. The van der Waals surface area contributed by atoms with Crippen LogP contribution in [-0.2, 0) is 10.0 Å².